The number of hydrogen-bond donors (Lipinski definition) is 3. The summed E-state index contributed by atoms with van der Waals surface area (Å²) in [5.41, 5.74) is 9.93. The van der Waals surface area contributed by atoms with Crippen LogP contribution in [-0.4, -0.2) is 51.9 Å². The number of nitrogens with zero attached hydrogens (tertiary/aromatic N) is 4. The van der Waals surface area contributed by atoms with Crippen molar-refractivity contribution in [2.45, 2.75) is 25.7 Å². The molecule has 4 N–H and O–H groups in total. The molecule has 1 unspecified atom stereocenters. The van der Waals surface area contributed by atoms with E-state index in [1.54, 1.807) is 6.92 Å². The fourth-order valence-corrected chi connectivity index (χ4v) is 4.53. The number of carbonyl (C=O) groups excluding carboxylic acids is 1. The summed E-state index contributed by atoms with van der Waals surface area (Å²) in [5.74, 6) is 0.619. The number of nitrogens with two attached hydrogens (primary N) is 1. The summed E-state index contributed by atoms with van der Waals surface area (Å²) in [7, 11) is 0. The van der Waals surface area contributed by atoms with E-state index in [9.17, 15) is 4.79 Å². The average molecular weight is 482 g/mol. The van der Waals surface area contributed by atoms with E-state index in [0.717, 1.165) is 52.2 Å². The normalized spacial score (nSPS) is 14.6. The van der Waals surface area contributed by atoms with Gasteiger partial charge in [0.2, 0.25) is 11.9 Å². The number of primary amides is 1. The highest BCUT2D eigenvalue weighted by atomic mass is 16.1. The number of benzene rings is 2. The maximum absolute atomic E-state index is 11.6. The summed E-state index contributed by atoms with van der Waals surface area (Å²) in [4.78, 5) is 28.0. The fourth-order valence-electron chi connectivity index (χ4n) is 4.53. The quantitative estimate of drug-likeness (QED) is 0.322. The molecular formula is C28H31N7O. The van der Waals surface area contributed by atoms with Crippen molar-refractivity contribution in [1.82, 2.24) is 19.9 Å². The second-order valence-electron chi connectivity index (χ2n) is 9.22. The Morgan fingerprint density at radius 1 is 1.06 bits per heavy atom. The van der Waals surface area contributed by atoms with Gasteiger partial charge in [-0.05, 0) is 62.7 Å². The largest absolute Gasteiger partial charge is 0.369 e. The van der Waals surface area contributed by atoms with E-state index in [4.69, 9.17) is 10.7 Å². The maximum Gasteiger partial charge on any atom is 0.227 e. The topological polar surface area (TPSA) is 109 Å². The van der Waals surface area contributed by atoms with Gasteiger partial charge in [0, 0.05) is 47.7 Å². The molecule has 0 bridgehead atoms. The van der Waals surface area contributed by atoms with E-state index in [1.165, 1.54) is 25.9 Å². The third kappa shape index (κ3) is 5.44. The van der Waals surface area contributed by atoms with Crippen LogP contribution in [0.4, 0.5) is 17.5 Å². The van der Waals surface area contributed by atoms with Gasteiger partial charge in [0.05, 0.1) is 11.4 Å². The third-order valence-corrected chi connectivity index (χ3v) is 6.69. The lowest BCUT2D eigenvalue weighted by atomic mass is 10.0. The molecule has 1 aliphatic heterocycles. The van der Waals surface area contributed by atoms with E-state index in [2.05, 4.69) is 31.6 Å². The van der Waals surface area contributed by atoms with Crippen molar-refractivity contribution in [3.05, 3.63) is 72.6 Å². The molecule has 0 radical (unpaired) electrons. The van der Waals surface area contributed by atoms with Gasteiger partial charge in [-0.3, -0.25) is 4.79 Å². The minimum atomic E-state index is -0.374. The molecule has 2 aromatic carbocycles. The monoisotopic (exact) mass is 481 g/mol. The van der Waals surface area contributed by atoms with Crippen molar-refractivity contribution in [2.75, 3.05) is 36.8 Å². The van der Waals surface area contributed by atoms with Crippen LogP contribution < -0.4 is 16.4 Å². The lowest BCUT2D eigenvalue weighted by molar-refractivity contribution is -0.119. The van der Waals surface area contributed by atoms with Gasteiger partial charge in [-0.1, -0.05) is 30.3 Å². The van der Waals surface area contributed by atoms with E-state index < -0.39 is 0 Å². The van der Waals surface area contributed by atoms with Gasteiger partial charge in [-0.25, -0.2) is 15.0 Å². The molecule has 3 heterocycles. The average Bonchev–Trinajstić information content (AvgIpc) is 3.42. The standard InChI is InChI=1S/C28H31N7O/c1-19(27(29)36)20-6-4-8-23(16-20)33-28-32-18-22-7-5-9-24(26(22)34-28)21-10-11-25(31-17-21)30-12-15-35-13-2-3-14-35/h4-11,16-19H,2-3,12-15H2,1H3,(H2,29,36)(H,30,31)(H,32,33,34). The summed E-state index contributed by atoms with van der Waals surface area (Å²) in [5, 5.41) is 7.63. The lowest BCUT2D eigenvalue weighted by Crippen LogP contribution is -2.26. The first-order valence-electron chi connectivity index (χ1n) is 12.4. The zero-order chi connectivity index (χ0) is 24.9. The van der Waals surface area contributed by atoms with E-state index >= 15 is 0 Å². The number of amides is 1. The van der Waals surface area contributed by atoms with Gasteiger partial charge in [0.15, 0.2) is 0 Å². The predicted molar refractivity (Wildman–Crippen MR) is 144 cm³/mol. The van der Waals surface area contributed by atoms with Crippen molar-refractivity contribution >= 4 is 34.3 Å². The number of likely N-dealkylation sites (tertiary alicyclic amines) is 1. The van der Waals surface area contributed by atoms with E-state index in [0.29, 0.717) is 5.95 Å². The zero-order valence-electron chi connectivity index (χ0n) is 20.4. The molecule has 1 atom stereocenters. The van der Waals surface area contributed by atoms with Gasteiger partial charge in [0.1, 0.15) is 5.82 Å². The van der Waals surface area contributed by atoms with Crippen molar-refractivity contribution in [1.29, 1.82) is 0 Å². The molecule has 1 amide bonds. The van der Waals surface area contributed by atoms with Gasteiger partial charge in [0.25, 0.3) is 0 Å². The smallest absolute Gasteiger partial charge is 0.227 e. The van der Waals surface area contributed by atoms with Crippen molar-refractivity contribution in [3.8, 4) is 11.1 Å². The van der Waals surface area contributed by atoms with Crippen LogP contribution in [0.3, 0.4) is 0 Å². The van der Waals surface area contributed by atoms with Crippen LogP contribution in [0.25, 0.3) is 22.0 Å². The Morgan fingerprint density at radius 2 is 1.89 bits per heavy atom. The minimum absolute atomic E-state index is 0.361. The number of aromatic nitrogens is 3. The van der Waals surface area contributed by atoms with Crippen molar-refractivity contribution in [2.24, 2.45) is 5.73 Å². The van der Waals surface area contributed by atoms with Crippen LogP contribution in [0.5, 0.6) is 0 Å². The number of rotatable bonds is 9. The van der Waals surface area contributed by atoms with Crippen LogP contribution in [0.15, 0.2) is 67.0 Å². The first-order chi connectivity index (χ1) is 17.6. The molecule has 4 aromatic rings. The first kappa shape index (κ1) is 23.7. The molecule has 0 saturated carbocycles. The highest BCUT2D eigenvalue weighted by Gasteiger charge is 2.13. The fraction of sp³-hybridized carbons (Fsp3) is 0.286. The molecule has 0 spiro atoms. The highest BCUT2D eigenvalue weighted by Crippen LogP contribution is 2.29. The number of hydrogen-bond acceptors (Lipinski definition) is 7. The maximum atomic E-state index is 11.6. The Morgan fingerprint density at radius 3 is 2.67 bits per heavy atom. The van der Waals surface area contributed by atoms with Gasteiger partial charge < -0.3 is 21.3 Å². The molecular weight excluding hydrogens is 450 g/mol. The van der Waals surface area contributed by atoms with Crippen LogP contribution in [-0.2, 0) is 4.79 Å². The Labute approximate surface area is 211 Å². The second-order valence-corrected chi connectivity index (χ2v) is 9.22. The molecule has 2 aromatic heterocycles. The predicted octanol–water partition coefficient (Wildman–Crippen LogP) is 4.53. The number of carbonyl (C=O) groups is 1. The molecule has 8 nitrogen and oxygen atoms in total. The molecule has 1 saturated heterocycles. The first-order valence-corrected chi connectivity index (χ1v) is 12.4. The SMILES string of the molecule is CC(C(N)=O)c1cccc(Nc2ncc3cccc(-c4ccc(NCCN5CCCC5)nc4)c3n2)c1. The summed E-state index contributed by atoms with van der Waals surface area (Å²) in [6.07, 6.45) is 6.31. The zero-order valence-corrected chi connectivity index (χ0v) is 20.4. The summed E-state index contributed by atoms with van der Waals surface area (Å²) >= 11 is 0. The van der Waals surface area contributed by atoms with E-state index in [-0.39, 0.29) is 11.8 Å². The lowest BCUT2D eigenvalue weighted by Gasteiger charge is -2.15. The second kappa shape index (κ2) is 10.7. The molecule has 1 fully saturated rings. The van der Waals surface area contributed by atoms with Crippen LogP contribution in [0.1, 0.15) is 31.2 Å². The number of para-hydroxylation sites is 1. The summed E-state index contributed by atoms with van der Waals surface area (Å²) < 4.78 is 0. The van der Waals surface area contributed by atoms with Gasteiger partial charge in [-0.2, -0.15) is 0 Å². The Balaban J connectivity index is 1.34. The molecule has 184 valence electrons. The summed E-state index contributed by atoms with van der Waals surface area (Å²) in [6.45, 7) is 6.13. The Bertz CT molecular complexity index is 1350. The number of pyridine rings is 1. The van der Waals surface area contributed by atoms with Crippen molar-refractivity contribution < 1.29 is 4.79 Å². The molecule has 5 rings (SSSR count). The molecule has 1 aliphatic rings. The van der Waals surface area contributed by atoms with Crippen LogP contribution in [0.2, 0.25) is 0 Å². The number of anilines is 3. The minimum Gasteiger partial charge on any atom is -0.369 e. The third-order valence-electron chi connectivity index (χ3n) is 6.69. The molecule has 0 aliphatic carbocycles. The Hall–Kier alpha value is -4.04. The highest BCUT2D eigenvalue weighted by molar-refractivity contribution is 5.93. The summed E-state index contributed by atoms with van der Waals surface area (Å²) in [6, 6.07) is 17.7. The van der Waals surface area contributed by atoms with E-state index in [1.807, 2.05) is 60.9 Å². The Kier molecular flexibility index (Phi) is 7.04. The van der Waals surface area contributed by atoms with Crippen molar-refractivity contribution in [3.63, 3.8) is 0 Å². The number of nitrogens with one attached hydrogen (secondary N) is 2. The molecule has 36 heavy (non-hydrogen) atoms. The molecule has 8 heteroatoms. The number of fused-ring (bicyclic) bond motifs is 1. The van der Waals surface area contributed by atoms with Crippen LogP contribution >= 0.6 is 0 Å². The van der Waals surface area contributed by atoms with Gasteiger partial charge in [-0.15, -0.1) is 0 Å². The van der Waals surface area contributed by atoms with Crippen LogP contribution in [0, 0.1) is 0 Å². The van der Waals surface area contributed by atoms with Gasteiger partial charge >= 0.3 is 0 Å².